The lowest BCUT2D eigenvalue weighted by Gasteiger charge is -2.07. The standard InChI is InChI=1S/C27H40F2N2/c1-3-4-5-6-7-8-9-12-15-23-20-30-27(31-21-23)25-18-17-24(26(29)19-25)16-13-10-11-14-22(2)28/h17-22H,3-16H2,1-2H3. The first-order valence-electron chi connectivity index (χ1n) is 12.3. The molecule has 0 saturated heterocycles. The number of hydrogen-bond acceptors (Lipinski definition) is 2. The van der Waals surface area contributed by atoms with E-state index in [1.54, 1.807) is 6.92 Å². The van der Waals surface area contributed by atoms with Crippen molar-refractivity contribution in [1.82, 2.24) is 9.97 Å². The molecule has 2 rings (SSSR count). The van der Waals surface area contributed by atoms with E-state index in [-0.39, 0.29) is 5.82 Å². The number of halogens is 2. The fourth-order valence-electron chi connectivity index (χ4n) is 3.90. The Hall–Kier alpha value is -1.84. The molecule has 0 N–H and O–H groups in total. The second kappa shape index (κ2) is 15.0. The third kappa shape index (κ3) is 10.3. The average molecular weight is 431 g/mol. The van der Waals surface area contributed by atoms with Crippen LogP contribution in [0.2, 0.25) is 0 Å². The molecular weight excluding hydrogens is 390 g/mol. The monoisotopic (exact) mass is 430 g/mol. The largest absolute Gasteiger partial charge is 0.248 e. The van der Waals surface area contributed by atoms with Crippen LogP contribution in [0.25, 0.3) is 11.4 Å². The van der Waals surface area contributed by atoms with Crippen LogP contribution in [0.4, 0.5) is 8.78 Å². The summed E-state index contributed by atoms with van der Waals surface area (Å²) in [6, 6.07) is 5.27. The third-order valence-electron chi connectivity index (χ3n) is 5.88. The topological polar surface area (TPSA) is 25.8 Å². The zero-order chi connectivity index (χ0) is 22.3. The Labute approximate surface area is 187 Å². The molecule has 0 aliphatic heterocycles. The molecule has 4 heteroatoms. The maximum absolute atomic E-state index is 14.5. The number of unbranched alkanes of at least 4 members (excludes halogenated alkanes) is 9. The summed E-state index contributed by atoms with van der Waals surface area (Å²) in [5.41, 5.74) is 2.57. The Balaban J connectivity index is 1.73. The molecule has 0 aliphatic carbocycles. The van der Waals surface area contributed by atoms with E-state index >= 15 is 0 Å². The fourth-order valence-corrected chi connectivity index (χ4v) is 3.90. The van der Waals surface area contributed by atoms with Crippen molar-refractivity contribution < 1.29 is 8.78 Å². The number of alkyl halides is 1. The molecule has 2 aromatic rings. The first kappa shape index (κ1) is 25.4. The van der Waals surface area contributed by atoms with Crippen LogP contribution >= 0.6 is 0 Å². The van der Waals surface area contributed by atoms with E-state index in [2.05, 4.69) is 16.9 Å². The van der Waals surface area contributed by atoms with Gasteiger partial charge in [0.25, 0.3) is 0 Å². The quantitative estimate of drug-likeness (QED) is 0.250. The minimum absolute atomic E-state index is 0.206. The van der Waals surface area contributed by atoms with Gasteiger partial charge in [-0.1, -0.05) is 76.8 Å². The summed E-state index contributed by atoms with van der Waals surface area (Å²) < 4.78 is 27.3. The molecule has 0 fully saturated rings. The summed E-state index contributed by atoms with van der Waals surface area (Å²) in [6.45, 7) is 3.84. The van der Waals surface area contributed by atoms with Crippen LogP contribution in [-0.2, 0) is 12.8 Å². The van der Waals surface area contributed by atoms with Crippen molar-refractivity contribution in [2.45, 2.75) is 110 Å². The van der Waals surface area contributed by atoms with Gasteiger partial charge < -0.3 is 0 Å². The molecule has 0 amide bonds. The van der Waals surface area contributed by atoms with Gasteiger partial charge in [-0.05, 0) is 56.2 Å². The number of hydrogen-bond donors (Lipinski definition) is 0. The molecule has 1 aromatic heterocycles. The van der Waals surface area contributed by atoms with E-state index in [4.69, 9.17) is 0 Å². The maximum Gasteiger partial charge on any atom is 0.159 e. The molecular formula is C27H40F2N2. The molecule has 0 radical (unpaired) electrons. The van der Waals surface area contributed by atoms with Gasteiger partial charge in [-0.25, -0.2) is 18.7 Å². The van der Waals surface area contributed by atoms with Crippen LogP contribution in [0, 0.1) is 5.82 Å². The zero-order valence-electron chi connectivity index (χ0n) is 19.5. The first-order chi connectivity index (χ1) is 15.1. The average Bonchev–Trinajstić information content (AvgIpc) is 2.76. The van der Waals surface area contributed by atoms with Gasteiger partial charge in [0.05, 0.1) is 6.17 Å². The van der Waals surface area contributed by atoms with E-state index in [9.17, 15) is 8.78 Å². The first-order valence-corrected chi connectivity index (χ1v) is 12.3. The Morgan fingerprint density at radius 3 is 2.06 bits per heavy atom. The van der Waals surface area contributed by atoms with Gasteiger partial charge in [0.2, 0.25) is 0 Å². The van der Waals surface area contributed by atoms with E-state index < -0.39 is 6.17 Å². The number of aryl methyl sites for hydroxylation is 2. The summed E-state index contributed by atoms with van der Waals surface area (Å²) >= 11 is 0. The van der Waals surface area contributed by atoms with Gasteiger partial charge in [-0.3, -0.25) is 0 Å². The van der Waals surface area contributed by atoms with Crippen LogP contribution < -0.4 is 0 Å². The SMILES string of the molecule is CCCCCCCCCCc1cnc(-c2ccc(CCCCCC(C)F)c(F)c2)nc1. The third-order valence-corrected chi connectivity index (χ3v) is 5.88. The molecule has 1 unspecified atom stereocenters. The Kier molecular flexibility index (Phi) is 12.3. The number of rotatable bonds is 16. The normalized spacial score (nSPS) is 12.3. The summed E-state index contributed by atoms with van der Waals surface area (Å²) in [5, 5.41) is 0. The van der Waals surface area contributed by atoms with Crippen LogP contribution in [0.15, 0.2) is 30.6 Å². The van der Waals surface area contributed by atoms with Gasteiger partial charge in [0.15, 0.2) is 5.82 Å². The number of nitrogens with zero attached hydrogens (tertiary/aromatic N) is 2. The summed E-state index contributed by atoms with van der Waals surface area (Å²) in [7, 11) is 0. The maximum atomic E-state index is 14.5. The predicted molar refractivity (Wildman–Crippen MR) is 126 cm³/mol. The van der Waals surface area contributed by atoms with Gasteiger partial charge in [-0.15, -0.1) is 0 Å². The summed E-state index contributed by atoms with van der Waals surface area (Å²) in [6.07, 6.45) is 18.4. The van der Waals surface area contributed by atoms with E-state index in [1.165, 1.54) is 57.4 Å². The van der Waals surface area contributed by atoms with Crippen molar-refractivity contribution in [1.29, 1.82) is 0 Å². The molecule has 1 heterocycles. The molecule has 0 spiro atoms. The van der Waals surface area contributed by atoms with Crippen molar-refractivity contribution in [3.63, 3.8) is 0 Å². The van der Waals surface area contributed by atoms with Crippen molar-refractivity contribution in [3.8, 4) is 11.4 Å². The van der Waals surface area contributed by atoms with Gasteiger partial charge >= 0.3 is 0 Å². The lowest BCUT2D eigenvalue weighted by atomic mass is 10.0. The van der Waals surface area contributed by atoms with E-state index in [1.807, 2.05) is 24.5 Å². The van der Waals surface area contributed by atoms with Crippen LogP contribution in [-0.4, -0.2) is 16.1 Å². The van der Waals surface area contributed by atoms with Crippen molar-refractivity contribution in [2.24, 2.45) is 0 Å². The number of aromatic nitrogens is 2. The molecule has 0 aliphatic rings. The van der Waals surface area contributed by atoms with Crippen LogP contribution in [0.1, 0.15) is 102 Å². The Bertz CT molecular complexity index is 729. The smallest absolute Gasteiger partial charge is 0.159 e. The van der Waals surface area contributed by atoms with Crippen molar-refractivity contribution >= 4 is 0 Å². The van der Waals surface area contributed by atoms with Gasteiger partial charge in [0.1, 0.15) is 5.82 Å². The molecule has 1 aromatic carbocycles. The van der Waals surface area contributed by atoms with Gasteiger partial charge in [0, 0.05) is 18.0 Å². The Morgan fingerprint density at radius 2 is 1.42 bits per heavy atom. The summed E-state index contributed by atoms with van der Waals surface area (Å²) in [5.74, 6) is 0.366. The number of benzene rings is 1. The molecule has 2 nitrogen and oxygen atoms in total. The van der Waals surface area contributed by atoms with Crippen LogP contribution in [0.5, 0.6) is 0 Å². The highest BCUT2D eigenvalue weighted by atomic mass is 19.1. The minimum atomic E-state index is -0.747. The van der Waals surface area contributed by atoms with Crippen LogP contribution in [0.3, 0.4) is 0 Å². The molecule has 1 atom stereocenters. The van der Waals surface area contributed by atoms with E-state index in [0.717, 1.165) is 31.2 Å². The molecule has 0 saturated carbocycles. The van der Waals surface area contributed by atoms with Crippen molar-refractivity contribution in [2.75, 3.05) is 0 Å². The molecule has 31 heavy (non-hydrogen) atoms. The predicted octanol–water partition coefficient (Wildman–Crippen LogP) is 8.43. The lowest BCUT2D eigenvalue weighted by molar-refractivity contribution is 0.330. The Morgan fingerprint density at radius 1 is 0.806 bits per heavy atom. The highest BCUT2D eigenvalue weighted by molar-refractivity contribution is 5.55. The fraction of sp³-hybridized carbons (Fsp3) is 0.630. The lowest BCUT2D eigenvalue weighted by Crippen LogP contribution is -1.97. The second-order valence-electron chi connectivity index (χ2n) is 8.83. The summed E-state index contributed by atoms with van der Waals surface area (Å²) in [4.78, 5) is 8.92. The van der Waals surface area contributed by atoms with E-state index in [0.29, 0.717) is 29.8 Å². The van der Waals surface area contributed by atoms with Crippen molar-refractivity contribution in [3.05, 3.63) is 47.5 Å². The minimum Gasteiger partial charge on any atom is -0.248 e. The highest BCUT2D eigenvalue weighted by Gasteiger charge is 2.08. The molecule has 0 bridgehead atoms. The highest BCUT2D eigenvalue weighted by Crippen LogP contribution is 2.21. The second-order valence-corrected chi connectivity index (χ2v) is 8.83. The zero-order valence-corrected chi connectivity index (χ0v) is 19.5. The van der Waals surface area contributed by atoms with Gasteiger partial charge in [-0.2, -0.15) is 0 Å². The molecule has 172 valence electrons.